The van der Waals surface area contributed by atoms with Crippen molar-refractivity contribution in [1.82, 2.24) is 4.98 Å². The van der Waals surface area contributed by atoms with Crippen LogP contribution in [-0.4, -0.2) is 26.5 Å². The number of aromatic nitrogens is 1. The van der Waals surface area contributed by atoms with Crippen molar-refractivity contribution in [3.05, 3.63) is 52.9 Å². The van der Waals surface area contributed by atoms with E-state index in [0.717, 1.165) is 16.7 Å². The third-order valence-corrected chi connectivity index (χ3v) is 5.37. The highest BCUT2D eigenvalue weighted by molar-refractivity contribution is 7.87. The van der Waals surface area contributed by atoms with Crippen molar-refractivity contribution in [2.45, 2.75) is 4.90 Å². The molecule has 3 aromatic rings. The molecule has 118 valence electrons. The number of carbonyl (C=O) groups is 1. The predicted octanol–water partition coefficient (Wildman–Crippen LogP) is 2.85. The maximum Gasteiger partial charge on any atom is 0.349 e. The van der Waals surface area contributed by atoms with Crippen molar-refractivity contribution in [2.75, 3.05) is 7.11 Å². The lowest BCUT2D eigenvalue weighted by atomic mass is 10.2. The second-order valence-corrected chi connectivity index (χ2v) is 6.91. The standard InChI is InChI=1S/C15H11NO5S2/c1-20-15(17)14-12(7-9-22-14)23(18,19)21-11-6-2-4-10-5-3-8-16-13(10)11/h2-9H,1H3. The molecule has 6 nitrogen and oxygen atoms in total. The number of esters is 1. The van der Waals surface area contributed by atoms with Gasteiger partial charge in [0.1, 0.15) is 15.3 Å². The quantitative estimate of drug-likeness (QED) is 0.532. The van der Waals surface area contributed by atoms with Crippen molar-refractivity contribution in [2.24, 2.45) is 0 Å². The second-order valence-electron chi connectivity index (χ2n) is 4.47. The number of pyridine rings is 1. The molecule has 0 bridgehead atoms. The number of methoxy groups -OCH3 is 1. The summed E-state index contributed by atoms with van der Waals surface area (Å²) in [5.41, 5.74) is 0.424. The van der Waals surface area contributed by atoms with Gasteiger partial charge in [0, 0.05) is 11.6 Å². The topological polar surface area (TPSA) is 82.6 Å². The Kier molecular flexibility index (Phi) is 4.01. The highest BCUT2D eigenvalue weighted by atomic mass is 32.2. The van der Waals surface area contributed by atoms with E-state index in [9.17, 15) is 13.2 Å². The molecule has 0 atom stereocenters. The van der Waals surface area contributed by atoms with E-state index >= 15 is 0 Å². The number of benzene rings is 1. The lowest BCUT2D eigenvalue weighted by molar-refractivity contribution is 0.0602. The molecule has 0 saturated carbocycles. The molecule has 0 saturated heterocycles. The van der Waals surface area contributed by atoms with Crippen molar-refractivity contribution in [3.8, 4) is 5.75 Å². The monoisotopic (exact) mass is 349 g/mol. The first-order chi connectivity index (χ1) is 11.0. The van der Waals surface area contributed by atoms with Crippen molar-refractivity contribution in [1.29, 1.82) is 0 Å². The zero-order chi connectivity index (χ0) is 16.4. The highest BCUT2D eigenvalue weighted by Crippen LogP contribution is 2.29. The minimum Gasteiger partial charge on any atom is -0.465 e. The first kappa shape index (κ1) is 15.4. The molecule has 0 spiro atoms. The third kappa shape index (κ3) is 2.90. The molecule has 0 aliphatic heterocycles. The zero-order valence-corrected chi connectivity index (χ0v) is 13.6. The van der Waals surface area contributed by atoms with Gasteiger partial charge < -0.3 is 8.92 Å². The minimum absolute atomic E-state index is 0.0271. The summed E-state index contributed by atoms with van der Waals surface area (Å²) in [4.78, 5) is 15.6. The van der Waals surface area contributed by atoms with Gasteiger partial charge >= 0.3 is 16.1 Å². The van der Waals surface area contributed by atoms with Crippen LogP contribution in [0.2, 0.25) is 0 Å². The molecule has 0 unspecified atom stereocenters. The first-order valence-corrected chi connectivity index (χ1v) is 8.76. The molecule has 8 heteroatoms. The van der Waals surface area contributed by atoms with Crippen molar-refractivity contribution in [3.63, 3.8) is 0 Å². The van der Waals surface area contributed by atoms with Gasteiger partial charge in [0.25, 0.3) is 0 Å². The van der Waals surface area contributed by atoms with Crippen LogP contribution in [-0.2, 0) is 14.9 Å². The number of hydrogen-bond donors (Lipinski definition) is 0. The van der Waals surface area contributed by atoms with Crippen LogP contribution in [0.5, 0.6) is 5.75 Å². The maximum atomic E-state index is 12.5. The lowest BCUT2D eigenvalue weighted by Gasteiger charge is -2.09. The average Bonchev–Trinajstić information content (AvgIpc) is 3.05. The molecule has 0 aliphatic carbocycles. The molecule has 0 aliphatic rings. The molecule has 0 N–H and O–H groups in total. The highest BCUT2D eigenvalue weighted by Gasteiger charge is 2.27. The van der Waals surface area contributed by atoms with Crippen molar-refractivity contribution >= 4 is 38.3 Å². The molecule has 2 aromatic heterocycles. The summed E-state index contributed by atoms with van der Waals surface area (Å²) in [6.45, 7) is 0. The molecule has 0 radical (unpaired) electrons. The largest absolute Gasteiger partial charge is 0.465 e. The van der Waals surface area contributed by atoms with Crippen LogP contribution in [0.1, 0.15) is 9.67 Å². The summed E-state index contributed by atoms with van der Waals surface area (Å²) in [6.07, 6.45) is 1.55. The first-order valence-electron chi connectivity index (χ1n) is 6.47. The molecular formula is C15H11NO5S2. The summed E-state index contributed by atoms with van der Waals surface area (Å²) in [5.74, 6) is -0.622. The van der Waals surface area contributed by atoms with E-state index in [2.05, 4.69) is 9.72 Å². The molecule has 0 fully saturated rings. The van der Waals surface area contributed by atoms with E-state index < -0.39 is 16.1 Å². The smallest absolute Gasteiger partial charge is 0.349 e. The molecule has 2 heterocycles. The normalized spacial score (nSPS) is 11.3. The minimum atomic E-state index is -4.18. The van der Waals surface area contributed by atoms with Gasteiger partial charge in [-0.2, -0.15) is 8.42 Å². The maximum absolute atomic E-state index is 12.5. The van der Waals surface area contributed by atoms with E-state index in [0.29, 0.717) is 5.52 Å². The summed E-state index contributed by atoms with van der Waals surface area (Å²) in [7, 11) is -2.99. The van der Waals surface area contributed by atoms with Crippen LogP contribution in [0.15, 0.2) is 52.9 Å². The van der Waals surface area contributed by atoms with E-state index in [1.165, 1.54) is 24.6 Å². The van der Waals surface area contributed by atoms with Crippen LogP contribution in [0.3, 0.4) is 0 Å². The van der Waals surface area contributed by atoms with Crippen LogP contribution < -0.4 is 4.18 Å². The van der Waals surface area contributed by atoms with E-state index in [-0.39, 0.29) is 15.5 Å². The van der Waals surface area contributed by atoms with Crippen LogP contribution in [0.4, 0.5) is 0 Å². The molecular weight excluding hydrogens is 338 g/mol. The van der Waals surface area contributed by atoms with Gasteiger partial charge in [0.2, 0.25) is 0 Å². The summed E-state index contributed by atoms with van der Waals surface area (Å²) in [5, 5.41) is 2.24. The van der Waals surface area contributed by atoms with Gasteiger partial charge in [-0.05, 0) is 23.6 Å². The number of ether oxygens (including phenoxy) is 1. The number of para-hydroxylation sites is 1. The van der Waals surface area contributed by atoms with Crippen LogP contribution in [0.25, 0.3) is 10.9 Å². The number of hydrogen-bond acceptors (Lipinski definition) is 7. The van der Waals surface area contributed by atoms with Crippen LogP contribution in [0, 0.1) is 0 Å². The zero-order valence-electron chi connectivity index (χ0n) is 11.9. The number of thiophene rings is 1. The van der Waals surface area contributed by atoms with Crippen LogP contribution >= 0.6 is 11.3 Å². The van der Waals surface area contributed by atoms with Gasteiger partial charge in [0.15, 0.2) is 5.75 Å². The fourth-order valence-electron chi connectivity index (χ4n) is 2.04. The Morgan fingerprint density at radius 2 is 1.96 bits per heavy atom. The van der Waals surface area contributed by atoms with Gasteiger partial charge in [-0.25, -0.2) is 4.79 Å². The molecule has 3 rings (SSSR count). The van der Waals surface area contributed by atoms with E-state index in [1.54, 1.807) is 30.5 Å². The van der Waals surface area contributed by atoms with Gasteiger partial charge in [-0.1, -0.05) is 18.2 Å². The Bertz CT molecular complexity index is 973. The Morgan fingerprint density at radius 3 is 2.74 bits per heavy atom. The molecule has 23 heavy (non-hydrogen) atoms. The fraction of sp³-hybridized carbons (Fsp3) is 0.0667. The fourth-order valence-corrected chi connectivity index (χ4v) is 4.29. The average molecular weight is 349 g/mol. The van der Waals surface area contributed by atoms with E-state index in [1.807, 2.05) is 0 Å². The molecule has 0 amide bonds. The Hall–Kier alpha value is -2.45. The van der Waals surface area contributed by atoms with Gasteiger partial charge in [-0.15, -0.1) is 11.3 Å². The second kappa shape index (κ2) is 5.98. The third-order valence-electron chi connectivity index (χ3n) is 3.06. The predicted molar refractivity (Wildman–Crippen MR) is 85.2 cm³/mol. The number of nitrogens with zero attached hydrogens (tertiary/aromatic N) is 1. The Morgan fingerprint density at radius 1 is 1.17 bits per heavy atom. The lowest BCUT2D eigenvalue weighted by Crippen LogP contribution is -2.13. The van der Waals surface area contributed by atoms with Crippen molar-refractivity contribution < 1.29 is 22.1 Å². The number of fused-ring (bicyclic) bond motifs is 1. The summed E-state index contributed by atoms with van der Waals surface area (Å²) >= 11 is 0.974. The van der Waals surface area contributed by atoms with E-state index in [4.69, 9.17) is 4.18 Å². The Balaban J connectivity index is 2.05. The Labute approximate surface area is 136 Å². The number of rotatable bonds is 4. The summed E-state index contributed by atoms with van der Waals surface area (Å²) in [6, 6.07) is 9.83. The van der Waals surface area contributed by atoms with Gasteiger partial charge in [0.05, 0.1) is 7.11 Å². The summed E-state index contributed by atoms with van der Waals surface area (Å²) < 4.78 is 34.8. The number of carbonyl (C=O) groups excluding carboxylic acids is 1. The molecule has 1 aromatic carbocycles. The van der Waals surface area contributed by atoms with Gasteiger partial charge in [-0.3, -0.25) is 4.98 Å². The SMILES string of the molecule is COC(=O)c1sccc1S(=O)(=O)Oc1cccc2cccnc12.